The molecule has 3 rings (SSSR count). The summed E-state index contributed by atoms with van der Waals surface area (Å²) >= 11 is 0. The topological polar surface area (TPSA) is 92.5 Å². The van der Waals surface area contributed by atoms with E-state index in [2.05, 4.69) is 12.2 Å². The molecular weight excluding hydrogens is 306 g/mol. The molecule has 0 radical (unpaired) electrons. The molecule has 2 atom stereocenters. The molecule has 1 aromatic rings. The van der Waals surface area contributed by atoms with Crippen molar-refractivity contribution in [2.24, 2.45) is 11.7 Å². The first-order valence-corrected chi connectivity index (χ1v) is 8.41. The first-order chi connectivity index (χ1) is 11.4. The summed E-state index contributed by atoms with van der Waals surface area (Å²) in [5, 5.41) is 2.34. The lowest BCUT2D eigenvalue weighted by Crippen LogP contribution is -2.39. The standard InChI is InChI=1S/C11H10N2O2.C7H15NO/c14-10-9-5-7-3-1-2-4-8(7)6-13(9)11(15)12-10;1-3-4-5-6(2)7(8)9/h1-4,9H,5-6H2,(H,12,14,15);6H,3-5H2,1-2H3,(H2,8,9). The van der Waals surface area contributed by atoms with E-state index in [9.17, 15) is 14.4 Å². The highest BCUT2D eigenvalue weighted by Gasteiger charge is 2.41. The summed E-state index contributed by atoms with van der Waals surface area (Å²) in [7, 11) is 0. The van der Waals surface area contributed by atoms with Gasteiger partial charge in [-0.15, -0.1) is 0 Å². The van der Waals surface area contributed by atoms with Crippen LogP contribution in [0.15, 0.2) is 24.3 Å². The van der Waals surface area contributed by atoms with E-state index in [0.29, 0.717) is 13.0 Å². The van der Waals surface area contributed by atoms with Gasteiger partial charge in [0.1, 0.15) is 6.04 Å². The predicted molar refractivity (Wildman–Crippen MR) is 90.9 cm³/mol. The highest BCUT2D eigenvalue weighted by atomic mass is 16.2. The van der Waals surface area contributed by atoms with Crippen LogP contribution in [0.1, 0.15) is 44.2 Å². The van der Waals surface area contributed by atoms with Gasteiger partial charge in [0.15, 0.2) is 0 Å². The molecule has 130 valence electrons. The summed E-state index contributed by atoms with van der Waals surface area (Å²) in [6.07, 6.45) is 3.81. The molecule has 0 spiro atoms. The van der Waals surface area contributed by atoms with E-state index in [1.165, 1.54) is 5.56 Å². The number of hydrogen-bond donors (Lipinski definition) is 2. The number of benzene rings is 1. The minimum atomic E-state index is -0.299. The van der Waals surface area contributed by atoms with Gasteiger partial charge in [-0.3, -0.25) is 14.9 Å². The lowest BCUT2D eigenvalue weighted by molar-refractivity contribution is -0.122. The molecule has 2 heterocycles. The van der Waals surface area contributed by atoms with Crippen LogP contribution in [0, 0.1) is 5.92 Å². The lowest BCUT2D eigenvalue weighted by atomic mass is 9.95. The Labute approximate surface area is 142 Å². The van der Waals surface area contributed by atoms with Crippen molar-refractivity contribution in [3.8, 4) is 0 Å². The number of rotatable bonds is 4. The van der Waals surface area contributed by atoms with Gasteiger partial charge in [-0.1, -0.05) is 51.0 Å². The second-order valence-corrected chi connectivity index (χ2v) is 6.36. The Morgan fingerprint density at radius 2 is 2.00 bits per heavy atom. The van der Waals surface area contributed by atoms with Gasteiger partial charge >= 0.3 is 6.03 Å². The smallest absolute Gasteiger partial charge is 0.325 e. The Balaban J connectivity index is 0.000000202. The summed E-state index contributed by atoms with van der Waals surface area (Å²) < 4.78 is 0. The fraction of sp³-hybridized carbons (Fsp3) is 0.500. The minimum Gasteiger partial charge on any atom is -0.369 e. The van der Waals surface area contributed by atoms with E-state index in [0.717, 1.165) is 24.8 Å². The average molecular weight is 331 g/mol. The van der Waals surface area contributed by atoms with E-state index in [4.69, 9.17) is 5.73 Å². The van der Waals surface area contributed by atoms with E-state index >= 15 is 0 Å². The lowest BCUT2D eigenvalue weighted by Gasteiger charge is -2.28. The van der Waals surface area contributed by atoms with Gasteiger partial charge in [0.25, 0.3) is 5.91 Å². The van der Waals surface area contributed by atoms with Gasteiger partial charge in [0.2, 0.25) is 5.91 Å². The number of nitrogens with one attached hydrogen (secondary N) is 1. The number of unbranched alkanes of at least 4 members (excludes halogenated alkanes) is 1. The third-order valence-electron chi connectivity index (χ3n) is 4.52. The maximum Gasteiger partial charge on any atom is 0.325 e. The Morgan fingerprint density at radius 3 is 2.62 bits per heavy atom. The van der Waals surface area contributed by atoms with Crippen molar-refractivity contribution in [3.63, 3.8) is 0 Å². The molecule has 1 fully saturated rings. The van der Waals surface area contributed by atoms with Crippen molar-refractivity contribution >= 4 is 17.8 Å². The molecule has 0 aliphatic carbocycles. The first-order valence-electron chi connectivity index (χ1n) is 8.41. The first kappa shape index (κ1) is 18.0. The minimum absolute atomic E-state index is 0.0601. The van der Waals surface area contributed by atoms with Gasteiger partial charge in [0, 0.05) is 18.9 Å². The summed E-state index contributed by atoms with van der Waals surface area (Å²) in [4.78, 5) is 34.9. The molecule has 0 aromatic heterocycles. The zero-order valence-corrected chi connectivity index (χ0v) is 14.2. The third kappa shape index (κ3) is 4.13. The van der Waals surface area contributed by atoms with Gasteiger partial charge in [-0.2, -0.15) is 0 Å². The van der Waals surface area contributed by atoms with Crippen LogP contribution in [0.25, 0.3) is 0 Å². The summed E-state index contributed by atoms with van der Waals surface area (Å²) in [6.45, 7) is 4.52. The number of nitrogens with zero attached hydrogens (tertiary/aromatic N) is 1. The predicted octanol–water partition coefficient (Wildman–Crippen LogP) is 1.96. The molecule has 2 unspecified atom stereocenters. The normalized spacial score (nSPS) is 19.6. The SMILES string of the molecule is CCCCC(C)C(N)=O.O=C1NC(=O)N2Cc3ccccc3CC12. The summed E-state index contributed by atoms with van der Waals surface area (Å²) in [5.74, 6) is -0.289. The van der Waals surface area contributed by atoms with Gasteiger partial charge < -0.3 is 10.6 Å². The number of carbonyl (C=O) groups excluding carboxylic acids is 3. The Bertz CT molecular complexity index is 589. The van der Waals surface area contributed by atoms with Gasteiger partial charge in [-0.05, 0) is 17.5 Å². The van der Waals surface area contributed by atoms with Crippen LogP contribution < -0.4 is 11.1 Å². The van der Waals surface area contributed by atoms with Crippen molar-refractivity contribution in [1.82, 2.24) is 10.2 Å². The molecule has 1 aromatic carbocycles. The molecule has 6 heteroatoms. The van der Waals surface area contributed by atoms with E-state index in [1.807, 2.05) is 31.2 Å². The molecule has 6 nitrogen and oxygen atoms in total. The zero-order chi connectivity index (χ0) is 17.7. The number of fused-ring (bicyclic) bond motifs is 2. The maximum absolute atomic E-state index is 11.5. The number of hydrogen-bond acceptors (Lipinski definition) is 3. The zero-order valence-electron chi connectivity index (χ0n) is 14.2. The van der Waals surface area contributed by atoms with Crippen LogP contribution in [0.5, 0.6) is 0 Å². The van der Waals surface area contributed by atoms with Gasteiger partial charge in [-0.25, -0.2) is 4.79 Å². The fourth-order valence-corrected chi connectivity index (χ4v) is 2.88. The van der Waals surface area contributed by atoms with Gasteiger partial charge in [0.05, 0.1) is 0 Å². The fourth-order valence-electron chi connectivity index (χ4n) is 2.88. The molecule has 2 aliphatic heterocycles. The van der Waals surface area contributed by atoms with Crippen molar-refractivity contribution in [1.29, 1.82) is 0 Å². The molecule has 4 amide bonds. The van der Waals surface area contributed by atoms with E-state index in [-0.39, 0.29) is 29.8 Å². The molecule has 0 saturated carbocycles. The van der Waals surface area contributed by atoms with Crippen molar-refractivity contribution < 1.29 is 14.4 Å². The van der Waals surface area contributed by atoms with E-state index in [1.54, 1.807) is 4.90 Å². The number of urea groups is 1. The van der Waals surface area contributed by atoms with Crippen molar-refractivity contribution in [2.75, 3.05) is 0 Å². The Kier molecular flexibility index (Phi) is 5.95. The Morgan fingerprint density at radius 1 is 1.33 bits per heavy atom. The quantitative estimate of drug-likeness (QED) is 0.826. The van der Waals surface area contributed by atoms with Crippen LogP contribution >= 0.6 is 0 Å². The monoisotopic (exact) mass is 331 g/mol. The molecule has 1 saturated heterocycles. The number of carbonyl (C=O) groups is 3. The summed E-state index contributed by atoms with van der Waals surface area (Å²) in [5.41, 5.74) is 7.35. The van der Waals surface area contributed by atoms with Crippen molar-refractivity contribution in [3.05, 3.63) is 35.4 Å². The van der Waals surface area contributed by atoms with Crippen LogP contribution in [0.4, 0.5) is 4.79 Å². The average Bonchev–Trinajstić information content (AvgIpc) is 2.85. The molecule has 0 bridgehead atoms. The largest absolute Gasteiger partial charge is 0.369 e. The highest BCUT2D eigenvalue weighted by molar-refractivity contribution is 6.04. The van der Waals surface area contributed by atoms with Crippen LogP contribution in [0.2, 0.25) is 0 Å². The molecular formula is C18H25N3O3. The number of nitrogens with two attached hydrogens (primary N) is 1. The summed E-state index contributed by atoms with van der Waals surface area (Å²) in [6, 6.07) is 7.37. The number of imide groups is 1. The number of amides is 4. The second kappa shape index (κ2) is 7.95. The third-order valence-corrected chi connectivity index (χ3v) is 4.52. The highest BCUT2D eigenvalue weighted by Crippen LogP contribution is 2.25. The number of primary amides is 1. The van der Waals surface area contributed by atoms with Crippen LogP contribution in [0.3, 0.4) is 0 Å². The molecule has 2 aliphatic rings. The van der Waals surface area contributed by atoms with Crippen molar-refractivity contribution in [2.45, 2.75) is 52.1 Å². The maximum atomic E-state index is 11.5. The second-order valence-electron chi connectivity index (χ2n) is 6.36. The van der Waals surface area contributed by atoms with E-state index < -0.39 is 0 Å². The van der Waals surface area contributed by atoms with Crippen LogP contribution in [-0.2, 0) is 22.6 Å². The van der Waals surface area contributed by atoms with Crippen LogP contribution in [-0.4, -0.2) is 28.8 Å². The molecule has 24 heavy (non-hydrogen) atoms. The molecule has 3 N–H and O–H groups in total. The Hall–Kier alpha value is -2.37.